The fourth-order valence-corrected chi connectivity index (χ4v) is 3.97. The lowest BCUT2D eigenvalue weighted by atomic mass is 10.2. The van der Waals surface area contributed by atoms with Crippen LogP contribution in [0.5, 0.6) is 5.75 Å². The third-order valence-corrected chi connectivity index (χ3v) is 5.36. The van der Waals surface area contributed by atoms with Gasteiger partial charge in [0.05, 0.1) is 17.5 Å². The molecular formula is C21H18N2O2S. The van der Waals surface area contributed by atoms with Crippen LogP contribution in [-0.2, 0) is 6.54 Å². The van der Waals surface area contributed by atoms with Crippen LogP contribution in [0, 0.1) is 0 Å². The Kier molecular flexibility index (Phi) is 4.31. The van der Waals surface area contributed by atoms with E-state index in [-0.39, 0.29) is 5.91 Å². The zero-order chi connectivity index (χ0) is 18.1. The molecule has 4 rings (SSSR count). The Morgan fingerprint density at radius 2 is 1.88 bits per heavy atom. The monoisotopic (exact) mass is 362 g/mol. The molecule has 0 N–H and O–H groups in total. The van der Waals surface area contributed by atoms with Crippen molar-refractivity contribution in [2.75, 3.05) is 14.2 Å². The van der Waals surface area contributed by atoms with Gasteiger partial charge in [-0.05, 0) is 29.8 Å². The maximum absolute atomic E-state index is 12.8. The molecule has 0 unspecified atom stereocenters. The first-order valence-electron chi connectivity index (χ1n) is 8.32. The van der Waals surface area contributed by atoms with E-state index in [0.29, 0.717) is 11.4 Å². The molecule has 0 spiro atoms. The van der Waals surface area contributed by atoms with Crippen molar-refractivity contribution in [3.63, 3.8) is 0 Å². The maximum atomic E-state index is 12.8. The van der Waals surface area contributed by atoms with Gasteiger partial charge in [-0.25, -0.2) is 4.98 Å². The van der Waals surface area contributed by atoms with Gasteiger partial charge >= 0.3 is 0 Å². The SMILES string of the molecule is COc1ccc2cc3cc(C(=O)N(C)Cc4ccccc4)sc3nc2c1. The maximum Gasteiger partial charge on any atom is 0.264 e. The van der Waals surface area contributed by atoms with Crippen molar-refractivity contribution in [3.8, 4) is 5.75 Å². The first kappa shape index (κ1) is 16.5. The van der Waals surface area contributed by atoms with E-state index in [1.165, 1.54) is 11.3 Å². The minimum atomic E-state index is 0.0125. The molecule has 1 amide bonds. The Morgan fingerprint density at radius 3 is 2.65 bits per heavy atom. The van der Waals surface area contributed by atoms with Crippen LogP contribution in [0.2, 0.25) is 0 Å². The third kappa shape index (κ3) is 3.13. The molecule has 5 heteroatoms. The summed E-state index contributed by atoms with van der Waals surface area (Å²) in [6.07, 6.45) is 0. The lowest BCUT2D eigenvalue weighted by Gasteiger charge is -2.16. The molecule has 0 saturated carbocycles. The number of thiophene rings is 1. The van der Waals surface area contributed by atoms with E-state index in [1.807, 2.05) is 61.6 Å². The number of ether oxygens (including phenoxy) is 1. The molecule has 2 aromatic carbocycles. The molecule has 0 saturated heterocycles. The molecule has 26 heavy (non-hydrogen) atoms. The zero-order valence-corrected chi connectivity index (χ0v) is 15.4. The number of aromatic nitrogens is 1. The molecule has 0 radical (unpaired) electrons. The fourth-order valence-electron chi connectivity index (χ4n) is 2.96. The summed E-state index contributed by atoms with van der Waals surface area (Å²) in [5.41, 5.74) is 1.98. The van der Waals surface area contributed by atoms with Crippen molar-refractivity contribution >= 4 is 38.4 Å². The molecule has 4 aromatic rings. The molecule has 0 aliphatic rings. The van der Waals surface area contributed by atoms with Crippen molar-refractivity contribution in [1.29, 1.82) is 0 Å². The van der Waals surface area contributed by atoms with Gasteiger partial charge in [-0.1, -0.05) is 30.3 Å². The van der Waals surface area contributed by atoms with Gasteiger partial charge < -0.3 is 9.64 Å². The zero-order valence-electron chi connectivity index (χ0n) is 14.6. The molecule has 0 aliphatic heterocycles. The van der Waals surface area contributed by atoms with Crippen molar-refractivity contribution in [3.05, 3.63) is 71.1 Å². The van der Waals surface area contributed by atoms with Crippen LogP contribution >= 0.6 is 11.3 Å². The van der Waals surface area contributed by atoms with Crippen molar-refractivity contribution in [1.82, 2.24) is 9.88 Å². The highest BCUT2D eigenvalue weighted by atomic mass is 32.1. The van der Waals surface area contributed by atoms with E-state index in [1.54, 1.807) is 12.0 Å². The van der Waals surface area contributed by atoms with E-state index in [9.17, 15) is 4.79 Å². The number of rotatable bonds is 4. The van der Waals surface area contributed by atoms with E-state index < -0.39 is 0 Å². The number of carbonyl (C=O) groups excluding carboxylic acids is 1. The quantitative estimate of drug-likeness (QED) is 0.527. The minimum absolute atomic E-state index is 0.0125. The molecule has 0 bridgehead atoms. The molecule has 0 aliphatic carbocycles. The second-order valence-corrected chi connectivity index (χ2v) is 7.23. The van der Waals surface area contributed by atoms with Gasteiger partial charge in [0.2, 0.25) is 0 Å². The smallest absolute Gasteiger partial charge is 0.264 e. The summed E-state index contributed by atoms with van der Waals surface area (Å²) in [7, 11) is 3.47. The minimum Gasteiger partial charge on any atom is -0.497 e. The molecule has 0 fully saturated rings. The Labute approximate surface area is 155 Å². The van der Waals surface area contributed by atoms with Crippen molar-refractivity contribution in [2.45, 2.75) is 6.54 Å². The number of benzene rings is 2. The number of hydrogen-bond acceptors (Lipinski definition) is 4. The van der Waals surface area contributed by atoms with Gasteiger partial charge in [0.1, 0.15) is 10.6 Å². The van der Waals surface area contributed by atoms with Gasteiger partial charge in [-0.2, -0.15) is 0 Å². The Balaban J connectivity index is 1.65. The van der Waals surface area contributed by atoms with E-state index in [2.05, 4.69) is 6.07 Å². The van der Waals surface area contributed by atoms with Crippen LogP contribution in [0.3, 0.4) is 0 Å². The van der Waals surface area contributed by atoms with Gasteiger partial charge in [-0.15, -0.1) is 11.3 Å². The Morgan fingerprint density at radius 1 is 1.08 bits per heavy atom. The molecule has 4 nitrogen and oxygen atoms in total. The van der Waals surface area contributed by atoms with Gasteiger partial charge in [0.15, 0.2) is 0 Å². The number of carbonyl (C=O) groups is 1. The second-order valence-electron chi connectivity index (χ2n) is 6.20. The first-order chi connectivity index (χ1) is 12.6. The summed E-state index contributed by atoms with van der Waals surface area (Å²) in [6.45, 7) is 0.584. The summed E-state index contributed by atoms with van der Waals surface area (Å²) < 4.78 is 5.27. The number of hydrogen-bond donors (Lipinski definition) is 0. The molecule has 2 aromatic heterocycles. The summed E-state index contributed by atoms with van der Waals surface area (Å²) in [5.74, 6) is 0.790. The Hall–Kier alpha value is -2.92. The van der Waals surface area contributed by atoms with E-state index in [4.69, 9.17) is 9.72 Å². The fraction of sp³-hybridized carbons (Fsp3) is 0.143. The van der Waals surface area contributed by atoms with Crippen LogP contribution in [0.4, 0.5) is 0 Å². The van der Waals surface area contributed by atoms with Gasteiger partial charge in [0, 0.05) is 30.4 Å². The topological polar surface area (TPSA) is 42.4 Å². The lowest BCUT2D eigenvalue weighted by molar-refractivity contribution is 0.0790. The van der Waals surface area contributed by atoms with Crippen LogP contribution in [0.1, 0.15) is 15.2 Å². The van der Waals surface area contributed by atoms with Crippen LogP contribution < -0.4 is 4.74 Å². The summed E-state index contributed by atoms with van der Waals surface area (Å²) >= 11 is 1.43. The number of amides is 1. The summed E-state index contributed by atoms with van der Waals surface area (Å²) in [6, 6.07) is 19.8. The van der Waals surface area contributed by atoms with E-state index >= 15 is 0 Å². The average Bonchev–Trinajstić information content (AvgIpc) is 3.08. The highest BCUT2D eigenvalue weighted by Gasteiger charge is 2.16. The highest BCUT2D eigenvalue weighted by molar-refractivity contribution is 7.20. The average molecular weight is 362 g/mol. The molecule has 130 valence electrons. The third-order valence-electron chi connectivity index (χ3n) is 4.33. The first-order valence-corrected chi connectivity index (χ1v) is 9.13. The number of pyridine rings is 1. The second kappa shape index (κ2) is 6.77. The molecule has 0 atom stereocenters. The highest BCUT2D eigenvalue weighted by Crippen LogP contribution is 2.29. The van der Waals surface area contributed by atoms with Gasteiger partial charge in [0.25, 0.3) is 5.91 Å². The molecule has 2 heterocycles. The van der Waals surface area contributed by atoms with Crippen LogP contribution in [0.25, 0.3) is 21.1 Å². The van der Waals surface area contributed by atoms with Crippen molar-refractivity contribution < 1.29 is 9.53 Å². The Bertz CT molecular complexity index is 1090. The largest absolute Gasteiger partial charge is 0.497 e. The normalized spacial score (nSPS) is 11.0. The predicted octanol–water partition coefficient (Wildman–Crippen LogP) is 4.73. The summed E-state index contributed by atoms with van der Waals surface area (Å²) in [4.78, 5) is 20.8. The van der Waals surface area contributed by atoms with Crippen molar-refractivity contribution in [2.24, 2.45) is 0 Å². The lowest BCUT2D eigenvalue weighted by Crippen LogP contribution is -2.25. The van der Waals surface area contributed by atoms with Crippen LogP contribution in [0.15, 0.2) is 60.7 Å². The summed E-state index contributed by atoms with van der Waals surface area (Å²) in [5, 5.41) is 2.02. The number of methoxy groups -OCH3 is 1. The van der Waals surface area contributed by atoms with E-state index in [0.717, 1.165) is 32.4 Å². The van der Waals surface area contributed by atoms with Gasteiger partial charge in [-0.3, -0.25) is 4.79 Å². The number of nitrogens with zero attached hydrogens (tertiary/aromatic N) is 2. The molecular weight excluding hydrogens is 344 g/mol. The standard InChI is InChI=1S/C21H18N2O2S/c1-23(13-14-6-4-3-5-7-14)21(24)19-11-16-10-15-8-9-17(25-2)12-18(15)22-20(16)26-19/h3-12H,13H2,1-2H3. The predicted molar refractivity (Wildman–Crippen MR) is 106 cm³/mol. The number of fused-ring (bicyclic) bond motifs is 2. The van der Waals surface area contributed by atoms with Crippen LogP contribution in [-0.4, -0.2) is 29.9 Å².